The van der Waals surface area contributed by atoms with Gasteiger partial charge in [0.1, 0.15) is 0 Å². The molecule has 0 saturated heterocycles. The molecular formula is H3B37-. The van der Waals surface area contributed by atoms with Gasteiger partial charge in [0.25, 0.3) is 0 Å². The molecule has 0 spiro atoms. The first-order valence-electron chi connectivity index (χ1n) is 11.7. The van der Waals surface area contributed by atoms with Crippen LogP contribution in [0.25, 0.3) is 0 Å². The van der Waals surface area contributed by atoms with Crippen LogP contribution in [0.2, 0.25) is 0 Å². The summed E-state index contributed by atoms with van der Waals surface area (Å²) < 4.78 is 0. The minimum Gasteiger partial charge on any atom is -0.158 e. The SMILES string of the molecule is [B]B([B])B([B][BH3-])B(B(B([B])[B])B([B])[B])B(B(B([B])[B])B([B])[B])B(B(B([B])[B])B([B])[B])B(B([B])[B])B([B])[B]. The minimum absolute atomic E-state index is 0.409. The van der Waals surface area contributed by atoms with Crippen molar-refractivity contribution < 1.29 is 0 Å². The van der Waals surface area contributed by atoms with E-state index in [0.29, 0.717) is 0 Å². The van der Waals surface area contributed by atoms with Gasteiger partial charge in [-0.2, -0.15) is 7.06 Å². The lowest BCUT2D eigenvalue weighted by Crippen LogP contribution is -2.91. The highest BCUT2D eigenvalue weighted by Crippen LogP contribution is 2.17. The predicted molar refractivity (Wildman–Crippen MR) is 217 cm³/mol. The van der Waals surface area contributed by atoms with Crippen LogP contribution in [0, 0.1) is 0 Å². The molecule has 37 heavy (non-hydrogen) atoms. The van der Waals surface area contributed by atoms with Crippen molar-refractivity contribution in [3.8, 4) is 0 Å². The molecule has 0 fully saturated rings. The van der Waals surface area contributed by atoms with Crippen LogP contribution in [0.1, 0.15) is 0 Å². The van der Waals surface area contributed by atoms with E-state index in [0.717, 1.165) is 0 Å². The molecule has 0 aliphatic heterocycles. The lowest BCUT2D eigenvalue weighted by atomic mass is 8.28. The van der Waals surface area contributed by atoms with Crippen molar-refractivity contribution >= 4 is 263 Å². The monoisotopic (exact) mass is 410 g/mol. The molecule has 37 heteroatoms. The van der Waals surface area contributed by atoms with Crippen molar-refractivity contribution in [2.45, 2.75) is 0 Å². The molecule has 0 heterocycles. The third kappa shape index (κ3) is 10.9. The first-order chi connectivity index (χ1) is 16.8. The number of hydrogen-bond acceptors (Lipinski definition) is 0. The van der Waals surface area contributed by atoms with E-state index in [1.807, 2.05) is 7.06 Å². The van der Waals surface area contributed by atoms with Gasteiger partial charge >= 0.3 is 0 Å². The van der Waals surface area contributed by atoms with E-state index < -0.39 is 116 Å². The van der Waals surface area contributed by atoms with Crippen molar-refractivity contribution in [3.63, 3.8) is 0 Å². The maximum absolute atomic E-state index is 6.27. The Morgan fingerprint density at radius 1 is 0.270 bits per heavy atom. The van der Waals surface area contributed by atoms with Gasteiger partial charge in [-0.1, -0.05) is 7.74 Å². The van der Waals surface area contributed by atoms with Crippen LogP contribution in [0.3, 0.4) is 0 Å². The average molecular weight is 403 g/mol. The molecule has 0 N–H and O–H groups in total. The molecule has 0 unspecified atom stereocenters. The first-order valence-corrected chi connectivity index (χ1v) is 11.7. The summed E-state index contributed by atoms with van der Waals surface area (Å²) in [6, 6.07) is 0. The van der Waals surface area contributed by atoms with E-state index in [1.165, 1.54) is 0 Å². The summed E-state index contributed by atoms with van der Waals surface area (Å²) in [5, 5.41) is 0. The van der Waals surface area contributed by atoms with Gasteiger partial charge in [-0.25, -0.2) is 0 Å². The van der Waals surface area contributed by atoms with E-state index >= 15 is 0 Å². The Balaban J connectivity index is 7.97. The van der Waals surface area contributed by atoms with Crippen LogP contribution in [-0.4, -0.2) is 263 Å². The van der Waals surface area contributed by atoms with Gasteiger partial charge in [0.05, 0.1) is 0 Å². The van der Waals surface area contributed by atoms with E-state index in [1.54, 1.807) is 0 Å². The summed E-state index contributed by atoms with van der Waals surface area (Å²) in [5.74, 6) is 0. The van der Waals surface area contributed by atoms with Crippen LogP contribution < -0.4 is 0 Å². The maximum Gasteiger partial charge on any atom is -0.0000000000000851 e. The predicted octanol–water partition coefficient (Wildman–Crippen LogP) is -14.9. The lowest BCUT2D eigenvalue weighted by molar-refractivity contribution is 3.23. The highest BCUT2D eigenvalue weighted by molar-refractivity contribution is 8.31. The second-order valence-electron chi connectivity index (χ2n) is 9.81. The smallest absolute Gasteiger partial charge is 0.0000000000000851 e. The molecule has 0 aromatic carbocycles. The number of rotatable bonds is 17. The minimum atomic E-state index is -1.11. The van der Waals surface area contributed by atoms with Gasteiger partial charge in [0.2, 0.25) is 0 Å². The Labute approximate surface area is 261 Å². The van der Waals surface area contributed by atoms with Crippen LogP contribution in [0.15, 0.2) is 0 Å². The highest BCUT2D eigenvalue weighted by atomic mass is 13.4. The topological polar surface area (TPSA) is 0 Å². The molecule has 0 aromatic rings. The van der Waals surface area contributed by atoms with Crippen molar-refractivity contribution in [3.05, 3.63) is 0 Å². The van der Waals surface area contributed by atoms with Crippen molar-refractivity contribution in [2.24, 2.45) is 0 Å². The first kappa shape index (κ1) is 39.4. The summed E-state index contributed by atoms with van der Waals surface area (Å²) >= 11 is 0. The van der Waals surface area contributed by atoms with Crippen LogP contribution in [-0.2, 0) is 0 Å². The van der Waals surface area contributed by atoms with Gasteiger partial charge in [-0.15, -0.1) is 0 Å². The van der Waals surface area contributed by atoms with E-state index in [2.05, 4.69) is 0 Å². The Morgan fingerprint density at radius 3 is 0.622 bits per heavy atom. The van der Waals surface area contributed by atoms with Crippen molar-refractivity contribution in [2.75, 3.05) is 0 Å². The van der Waals surface area contributed by atoms with Crippen LogP contribution in [0.4, 0.5) is 0 Å². The summed E-state index contributed by atoms with van der Waals surface area (Å²) in [6.45, 7) is 0. The highest BCUT2D eigenvalue weighted by Gasteiger charge is 2.55. The maximum atomic E-state index is 6.27. The average Bonchev–Trinajstić information content (AvgIpc) is 2.68. The second kappa shape index (κ2) is 18.2. The Hall–Kier alpha value is 2.40. The molecule has 115 valence electrons. The lowest BCUT2D eigenvalue weighted by Gasteiger charge is -2.53. The fourth-order valence-electron chi connectivity index (χ4n) is 5.65. The second-order valence-corrected chi connectivity index (χ2v) is 9.81. The molecule has 0 aromatic heterocycles. The molecule has 0 amide bonds. The van der Waals surface area contributed by atoms with Crippen LogP contribution >= 0.6 is 0 Å². The normalized spacial score (nSPS) is 9.54. The fourth-order valence-corrected chi connectivity index (χ4v) is 5.65. The van der Waals surface area contributed by atoms with Crippen molar-refractivity contribution in [1.82, 2.24) is 0 Å². The molecular weight excluding hydrogens is 400 g/mol. The van der Waals surface area contributed by atoms with Gasteiger partial charge in [-0.3, -0.25) is 0 Å². The quantitative estimate of drug-likeness (QED) is 0.212. The van der Waals surface area contributed by atoms with Crippen LogP contribution in [0.5, 0.6) is 0 Å². The summed E-state index contributed by atoms with van der Waals surface area (Å²) in [4.78, 5) is 0. The Kier molecular flexibility index (Phi) is 19.3. The van der Waals surface area contributed by atoms with Gasteiger partial charge in [-0.05, 0) is 248 Å². The third-order valence-electron chi connectivity index (χ3n) is 7.11. The molecule has 0 nitrogen and oxygen atoms in total. The van der Waals surface area contributed by atoms with E-state index in [-0.39, 0.29) is 0 Å². The van der Waals surface area contributed by atoms with E-state index in [9.17, 15) is 0 Å². The zero-order valence-electron chi connectivity index (χ0n) is 20.8. The van der Waals surface area contributed by atoms with Gasteiger partial charge < -0.3 is 0 Å². The zero-order valence-corrected chi connectivity index (χ0v) is 20.8. The summed E-state index contributed by atoms with van der Waals surface area (Å²) in [7, 11) is 114. The zero-order chi connectivity index (χ0) is 29.5. The summed E-state index contributed by atoms with van der Waals surface area (Å²) in [5.41, 5.74) is 0. The molecule has 0 bridgehead atoms. The molecule has 37 radical (unpaired) electrons. The molecule has 0 aliphatic carbocycles. The standard InChI is InChI=1S/B37H3/c1-20-30(21(2)3)35(31(22(4)5)23(6)7)37(34(28(16)17)29(18)19)36(32(24(8)9)25(10)11)33(26(12)13)27(14)15/h1H3/q-1. The molecule has 0 saturated carbocycles. The van der Waals surface area contributed by atoms with Gasteiger partial charge in [0, 0.05) is 0 Å². The largest absolute Gasteiger partial charge is 0.158 e. The molecule has 0 rings (SSSR count). The molecule has 0 atom stereocenters. The van der Waals surface area contributed by atoms with E-state index in [4.69, 9.17) is 139 Å². The third-order valence-corrected chi connectivity index (χ3v) is 7.11. The van der Waals surface area contributed by atoms with Gasteiger partial charge in [0.15, 0.2) is 0 Å². The Bertz CT molecular complexity index is 523. The van der Waals surface area contributed by atoms with Crippen molar-refractivity contribution in [1.29, 1.82) is 0 Å². The number of hydrogen-bond donors (Lipinski definition) is 0. The summed E-state index contributed by atoms with van der Waals surface area (Å²) in [6.07, 6.45) is -16.2. The molecule has 0 aliphatic rings. The Morgan fingerprint density at radius 2 is 0.459 bits per heavy atom. The fraction of sp³-hybridized carbons (Fsp3) is 0.